The molecule has 2 aliphatic heterocycles. The lowest BCUT2D eigenvalue weighted by atomic mass is 10.0. The Hall–Kier alpha value is -2.94. The number of carboxylic acids is 1. The summed E-state index contributed by atoms with van der Waals surface area (Å²) in [6, 6.07) is 6.83. The SMILES string of the molecule is O=C(O)C[C@@H]1NC(=O)[C@H](CNC(=O)[C@H]2CCCN2)N(Cc2ccccc2)C1=O. The van der Waals surface area contributed by atoms with Gasteiger partial charge in [-0.1, -0.05) is 30.3 Å². The third-order valence-corrected chi connectivity index (χ3v) is 5.00. The van der Waals surface area contributed by atoms with Crippen LogP contribution < -0.4 is 16.0 Å². The second kappa shape index (κ2) is 8.83. The van der Waals surface area contributed by atoms with E-state index in [1.807, 2.05) is 30.3 Å². The van der Waals surface area contributed by atoms with Crippen molar-refractivity contribution in [1.29, 1.82) is 0 Å². The first-order valence-electron chi connectivity index (χ1n) is 9.33. The predicted octanol–water partition coefficient (Wildman–Crippen LogP) is -0.775. The van der Waals surface area contributed by atoms with E-state index in [0.29, 0.717) is 0 Å². The van der Waals surface area contributed by atoms with Crippen LogP contribution in [0.4, 0.5) is 0 Å². The average Bonchev–Trinajstić information content (AvgIpc) is 3.20. The summed E-state index contributed by atoms with van der Waals surface area (Å²) < 4.78 is 0. The standard InChI is InChI=1S/C19H24N4O5/c24-16(25)9-14-19(28)23(11-12-5-2-1-3-6-12)15(18(27)22-14)10-21-17(26)13-7-4-8-20-13/h1-3,5-6,13-15,20H,4,7-11H2,(H,21,26)(H,22,27)(H,24,25)/t13-,14+,15+/m1/s1. The van der Waals surface area contributed by atoms with Gasteiger partial charge in [0.1, 0.15) is 12.1 Å². The minimum Gasteiger partial charge on any atom is -0.481 e. The molecule has 4 N–H and O–H groups in total. The fourth-order valence-corrected chi connectivity index (χ4v) is 3.54. The highest BCUT2D eigenvalue weighted by Crippen LogP contribution is 2.16. The summed E-state index contributed by atoms with van der Waals surface area (Å²) in [5, 5.41) is 17.3. The number of nitrogens with zero attached hydrogens (tertiary/aromatic N) is 1. The first-order valence-corrected chi connectivity index (χ1v) is 9.33. The van der Waals surface area contributed by atoms with Gasteiger partial charge in [0.2, 0.25) is 17.7 Å². The second-order valence-electron chi connectivity index (χ2n) is 7.02. The van der Waals surface area contributed by atoms with Crippen molar-refractivity contribution < 1.29 is 24.3 Å². The van der Waals surface area contributed by atoms with Crippen molar-refractivity contribution >= 4 is 23.7 Å². The van der Waals surface area contributed by atoms with E-state index in [2.05, 4.69) is 16.0 Å². The number of carbonyl (C=O) groups is 4. The fraction of sp³-hybridized carbons (Fsp3) is 0.474. The largest absolute Gasteiger partial charge is 0.481 e. The molecule has 150 valence electrons. The van der Waals surface area contributed by atoms with E-state index in [-0.39, 0.29) is 25.0 Å². The normalized spacial score (nSPS) is 24.7. The van der Waals surface area contributed by atoms with Crippen molar-refractivity contribution in [3.63, 3.8) is 0 Å². The van der Waals surface area contributed by atoms with Gasteiger partial charge in [-0.15, -0.1) is 0 Å². The van der Waals surface area contributed by atoms with Crippen LogP contribution in [0.2, 0.25) is 0 Å². The van der Waals surface area contributed by atoms with E-state index < -0.39 is 36.3 Å². The van der Waals surface area contributed by atoms with Gasteiger partial charge in [0.25, 0.3) is 0 Å². The molecule has 9 heteroatoms. The average molecular weight is 388 g/mol. The van der Waals surface area contributed by atoms with Crippen molar-refractivity contribution in [2.45, 2.75) is 43.9 Å². The number of nitrogens with one attached hydrogen (secondary N) is 3. The van der Waals surface area contributed by atoms with Gasteiger partial charge in [0.15, 0.2) is 0 Å². The van der Waals surface area contributed by atoms with Crippen LogP contribution in [0.15, 0.2) is 30.3 Å². The van der Waals surface area contributed by atoms with E-state index >= 15 is 0 Å². The van der Waals surface area contributed by atoms with Crippen LogP contribution in [-0.2, 0) is 25.7 Å². The van der Waals surface area contributed by atoms with Gasteiger partial charge in [-0.2, -0.15) is 0 Å². The first-order chi connectivity index (χ1) is 13.5. The van der Waals surface area contributed by atoms with Crippen LogP contribution in [0, 0.1) is 0 Å². The molecular weight excluding hydrogens is 364 g/mol. The van der Waals surface area contributed by atoms with Gasteiger partial charge in [-0.25, -0.2) is 0 Å². The molecule has 2 saturated heterocycles. The number of benzene rings is 1. The summed E-state index contributed by atoms with van der Waals surface area (Å²) in [6.07, 6.45) is 1.16. The number of rotatable bonds is 7. The molecule has 3 atom stereocenters. The molecule has 0 spiro atoms. The Kier molecular flexibility index (Phi) is 6.25. The molecule has 1 aromatic carbocycles. The van der Waals surface area contributed by atoms with E-state index in [1.165, 1.54) is 4.90 Å². The molecule has 0 bridgehead atoms. The van der Waals surface area contributed by atoms with Crippen molar-refractivity contribution in [2.24, 2.45) is 0 Å². The Morgan fingerprint density at radius 3 is 2.61 bits per heavy atom. The molecule has 28 heavy (non-hydrogen) atoms. The molecule has 9 nitrogen and oxygen atoms in total. The van der Waals surface area contributed by atoms with Gasteiger partial charge in [-0.3, -0.25) is 19.2 Å². The molecule has 1 aromatic rings. The summed E-state index contributed by atoms with van der Waals surface area (Å²) >= 11 is 0. The van der Waals surface area contributed by atoms with Crippen LogP contribution in [0.3, 0.4) is 0 Å². The highest BCUT2D eigenvalue weighted by Gasteiger charge is 2.41. The molecule has 3 amide bonds. The zero-order valence-corrected chi connectivity index (χ0v) is 15.4. The van der Waals surface area contributed by atoms with Gasteiger partial charge in [0.05, 0.1) is 12.5 Å². The van der Waals surface area contributed by atoms with Crippen LogP contribution in [-0.4, -0.2) is 64.9 Å². The summed E-state index contributed by atoms with van der Waals surface area (Å²) in [5.41, 5.74) is 0.813. The van der Waals surface area contributed by atoms with E-state index in [1.54, 1.807) is 0 Å². The summed E-state index contributed by atoms with van der Waals surface area (Å²) in [4.78, 5) is 50.1. The highest BCUT2D eigenvalue weighted by molar-refractivity contribution is 5.99. The molecule has 0 radical (unpaired) electrons. The summed E-state index contributed by atoms with van der Waals surface area (Å²) in [7, 11) is 0. The molecule has 0 unspecified atom stereocenters. The molecule has 0 saturated carbocycles. The summed E-state index contributed by atoms with van der Waals surface area (Å²) in [5.74, 6) is -2.31. The lowest BCUT2D eigenvalue weighted by Crippen LogP contribution is -2.66. The lowest BCUT2D eigenvalue weighted by molar-refractivity contribution is -0.153. The molecule has 2 fully saturated rings. The Balaban J connectivity index is 1.74. The minimum atomic E-state index is -1.17. The third-order valence-electron chi connectivity index (χ3n) is 5.00. The van der Waals surface area contributed by atoms with Gasteiger partial charge < -0.3 is 26.0 Å². The Morgan fingerprint density at radius 1 is 1.21 bits per heavy atom. The summed E-state index contributed by atoms with van der Waals surface area (Å²) in [6.45, 7) is 0.907. The number of hydrogen-bond donors (Lipinski definition) is 4. The third kappa shape index (κ3) is 4.66. The number of aliphatic carboxylic acids is 1. The molecule has 0 aromatic heterocycles. The number of piperazine rings is 1. The van der Waals surface area contributed by atoms with Crippen molar-refractivity contribution in [2.75, 3.05) is 13.1 Å². The van der Waals surface area contributed by atoms with Crippen LogP contribution >= 0.6 is 0 Å². The first kappa shape index (κ1) is 19.8. The quantitative estimate of drug-likeness (QED) is 0.485. The number of amides is 3. The highest BCUT2D eigenvalue weighted by atomic mass is 16.4. The van der Waals surface area contributed by atoms with Crippen LogP contribution in [0.1, 0.15) is 24.8 Å². The van der Waals surface area contributed by atoms with Crippen LogP contribution in [0.5, 0.6) is 0 Å². The molecule has 2 aliphatic rings. The van der Waals surface area contributed by atoms with Crippen molar-refractivity contribution in [3.05, 3.63) is 35.9 Å². The molecule has 0 aliphatic carbocycles. The lowest BCUT2D eigenvalue weighted by Gasteiger charge is -2.38. The minimum absolute atomic E-state index is 0.0266. The van der Waals surface area contributed by atoms with Crippen molar-refractivity contribution in [1.82, 2.24) is 20.9 Å². The maximum atomic E-state index is 12.8. The zero-order valence-electron chi connectivity index (χ0n) is 15.4. The van der Waals surface area contributed by atoms with Gasteiger partial charge >= 0.3 is 5.97 Å². The van der Waals surface area contributed by atoms with Gasteiger partial charge in [0, 0.05) is 13.1 Å². The molecule has 2 heterocycles. The van der Waals surface area contributed by atoms with Gasteiger partial charge in [-0.05, 0) is 24.9 Å². The van der Waals surface area contributed by atoms with Crippen molar-refractivity contribution in [3.8, 4) is 0 Å². The monoisotopic (exact) mass is 388 g/mol. The van der Waals surface area contributed by atoms with E-state index in [9.17, 15) is 19.2 Å². The van der Waals surface area contributed by atoms with Crippen LogP contribution in [0.25, 0.3) is 0 Å². The maximum Gasteiger partial charge on any atom is 0.305 e. The Bertz CT molecular complexity index is 748. The van der Waals surface area contributed by atoms with E-state index in [0.717, 1.165) is 24.9 Å². The number of hydrogen-bond acceptors (Lipinski definition) is 5. The fourth-order valence-electron chi connectivity index (χ4n) is 3.54. The smallest absolute Gasteiger partial charge is 0.305 e. The molecular formula is C19H24N4O5. The maximum absolute atomic E-state index is 12.8. The second-order valence-corrected chi connectivity index (χ2v) is 7.02. The number of carbonyl (C=O) groups excluding carboxylic acids is 3. The number of carboxylic acid groups (broad SMARTS) is 1. The Morgan fingerprint density at radius 2 is 1.96 bits per heavy atom. The zero-order chi connectivity index (χ0) is 20.1. The Labute approximate surface area is 162 Å². The van der Waals surface area contributed by atoms with E-state index in [4.69, 9.17) is 5.11 Å². The predicted molar refractivity (Wildman–Crippen MR) is 99.0 cm³/mol. The topological polar surface area (TPSA) is 128 Å². The molecule has 3 rings (SSSR count).